The number of benzene rings is 2. The molecule has 38 heavy (non-hydrogen) atoms. The van der Waals surface area contributed by atoms with Gasteiger partial charge in [-0.25, -0.2) is 8.42 Å². The second kappa shape index (κ2) is 8.77. The molecule has 2 aromatic carbocycles. The first kappa shape index (κ1) is 24.3. The minimum Gasteiger partial charge on any atom is -0.496 e. The highest BCUT2D eigenvalue weighted by Gasteiger charge is 2.50. The van der Waals surface area contributed by atoms with E-state index in [0.717, 1.165) is 16.8 Å². The van der Waals surface area contributed by atoms with Crippen LogP contribution in [0.15, 0.2) is 53.7 Å². The van der Waals surface area contributed by atoms with Gasteiger partial charge in [0.2, 0.25) is 15.9 Å². The SMILES string of the molecule is COc1cc(N2CCC3(CCN(S(=O)(=O)c4ccc5c(c4)C(=O)NC5=O)CC3)C2=O)ccc1-c1cn[nH]c1. The Bertz CT molecular complexity index is 1580. The van der Waals surface area contributed by atoms with Gasteiger partial charge in [-0.3, -0.25) is 24.8 Å². The predicted molar refractivity (Wildman–Crippen MR) is 136 cm³/mol. The molecular weight excluding hydrogens is 510 g/mol. The standard InChI is InChI=1S/C26H25N5O6S/c1-37-22-12-17(2-4-19(22)16-14-27-28-15-16)31-11-8-26(25(31)34)6-9-30(10-7-26)38(35,36)18-3-5-20-21(13-18)24(33)29-23(20)32/h2-5,12-15H,6-11H2,1H3,(H,27,28)(H,29,32,33). The summed E-state index contributed by atoms with van der Waals surface area (Å²) in [5.74, 6) is -0.527. The van der Waals surface area contributed by atoms with Gasteiger partial charge in [0, 0.05) is 48.7 Å². The lowest BCUT2D eigenvalue weighted by atomic mass is 9.77. The van der Waals surface area contributed by atoms with Crippen molar-refractivity contribution in [1.29, 1.82) is 0 Å². The Labute approximate surface area is 218 Å². The third kappa shape index (κ3) is 3.71. The van der Waals surface area contributed by atoms with Crippen LogP contribution in [0.25, 0.3) is 11.1 Å². The fraction of sp³-hybridized carbons (Fsp3) is 0.308. The van der Waals surface area contributed by atoms with Crippen molar-refractivity contribution in [2.45, 2.75) is 24.2 Å². The van der Waals surface area contributed by atoms with Crippen molar-refractivity contribution in [3.05, 3.63) is 59.9 Å². The lowest BCUT2D eigenvalue weighted by molar-refractivity contribution is -0.127. The molecule has 0 atom stereocenters. The number of imide groups is 1. The van der Waals surface area contributed by atoms with Gasteiger partial charge >= 0.3 is 0 Å². The maximum atomic E-state index is 13.6. The van der Waals surface area contributed by atoms with E-state index in [-0.39, 0.29) is 35.0 Å². The number of fused-ring (bicyclic) bond motifs is 1. The van der Waals surface area contributed by atoms with Crippen molar-refractivity contribution < 1.29 is 27.5 Å². The first-order valence-corrected chi connectivity index (χ1v) is 13.7. The fourth-order valence-electron chi connectivity index (χ4n) is 5.63. The molecule has 0 saturated carbocycles. The highest BCUT2D eigenvalue weighted by atomic mass is 32.2. The van der Waals surface area contributed by atoms with Crippen molar-refractivity contribution >= 4 is 33.4 Å². The summed E-state index contributed by atoms with van der Waals surface area (Å²) >= 11 is 0. The zero-order valence-corrected chi connectivity index (χ0v) is 21.4. The number of nitrogens with one attached hydrogen (secondary N) is 2. The van der Waals surface area contributed by atoms with E-state index in [2.05, 4.69) is 15.5 Å². The van der Waals surface area contributed by atoms with E-state index in [1.807, 2.05) is 18.2 Å². The van der Waals surface area contributed by atoms with Crippen LogP contribution < -0.4 is 15.0 Å². The normalized spacial score (nSPS) is 19.2. The van der Waals surface area contributed by atoms with Crippen LogP contribution in [-0.2, 0) is 14.8 Å². The number of nitrogens with zero attached hydrogens (tertiary/aromatic N) is 3. The minimum atomic E-state index is -3.90. The summed E-state index contributed by atoms with van der Waals surface area (Å²) in [6, 6.07) is 9.58. The molecule has 2 fully saturated rings. The molecule has 0 radical (unpaired) electrons. The number of carbonyl (C=O) groups is 3. The molecule has 0 aliphatic carbocycles. The molecule has 12 heteroatoms. The molecular formula is C26H25N5O6S. The molecule has 1 aromatic heterocycles. The predicted octanol–water partition coefficient (Wildman–Crippen LogP) is 2.18. The van der Waals surface area contributed by atoms with E-state index in [9.17, 15) is 22.8 Å². The molecule has 0 unspecified atom stereocenters. The molecule has 4 heterocycles. The van der Waals surface area contributed by atoms with Gasteiger partial charge in [-0.15, -0.1) is 0 Å². The second-order valence-electron chi connectivity index (χ2n) is 9.75. The van der Waals surface area contributed by atoms with Crippen LogP contribution in [0.5, 0.6) is 5.75 Å². The summed E-state index contributed by atoms with van der Waals surface area (Å²) in [5, 5.41) is 8.94. The fourth-order valence-corrected chi connectivity index (χ4v) is 7.09. The van der Waals surface area contributed by atoms with E-state index in [1.54, 1.807) is 24.4 Å². The smallest absolute Gasteiger partial charge is 0.258 e. The van der Waals surface area contributed by atoms with Crippen LogP contribution in [0, 0.1) is 5.41 Å². The zero-order chi connectivity index (χ0) is 26.7. The summed E-state index contributed by atoms with van der Waals surface area (Å²) in [5.41, 5.74) is 2.06. The van der Waals surface area contributed by atoms with Gasteiger partial charge in [-0.05, 0) is 49.6 Å². The number of aromatic nitrogens is 2. The molecule has 2 N–H and O–H groups in total. The maximum Gasteiger partial charge on any atom is 0.258 e. The second-order valence-corrected chi connectivity index (χ2v) is 11.7. The molecule has 2 saturated heterocycles. The number of hydrogen-bond acceptors (Lipinski definition) is 7. The van der Waals surface area contributed by atoms with Gasteiger partial charge in [0.1, 0.15) is 5.75 Å². The summed E-state index contributed by atoms with van der Waals surface area (Å²) in [6.07, 6.45) is 4.90. The number of rotatable bonds is 5. The number of H-pyrrole nitrogens is 1. The van der Waals surface area contributed by atoms with E-state index < -0.39 is 27.3 Å². The van der Waals surface area contributed by atoms with Crippen LogP contribution in [0.3, 0.4) is 0 Å². The lowest BCUT2D eigenvalue weighted by Crippen LogP contribution is -2.46. The number of sulfonamides is 1. The van der Waals surface area contributed by atoms with Gasteiger partial charge < -0.3 is 9.64 Å². The first-order chi connectivity index (χ1) is 18.2. The highest BCUT2D eigenvalue weighted by Crippen LogP contribution is 2.45. The summed E-state index contributed by atoms with van der Waals surface area (Å²) in [7, 11) is -2.32. The Morgan fingerprint density at radius 1 is 0.921 bits per heavy atom. The molecule has 0 bridgehead atoms. The molecule has 3 aliphatic heterocycles. The molecule has 196 valence electrons. The molecule has 3 aliphatic rings. The topological polar surface area (TPSA) is 142 Å². The molecule has 3 amide bonds. The van der Waals surface area contributed by atoms with Crippen molar-refractivity contribution in [2.24, 2.45) is 5.41 Å². The summed E-state index contributed by atoms with van der Waals surface area (Å²) < 4.78 is 33.6. The van der Waals surface area contributed by atoms with Crippen LogP contribution in [0.2, 0.25) is 0 Å². The van der Waals surface area contributed by atoms with Crippen molar-refractivity contribution in [3.63, 3.8) is 0 Å². The highest BCUT2D eigenvalue weighted by molar-refractivity contribution is 7.89. The van der Waals surface area contributed by atoms with Crippen molar-refractivity contribution in [1.82, 2.24) is 19.8 Å². The van der Waals surface area contributed by atoms with Gasteiger partial charge in [0.25, 0.3) is 11.8 Å². The summed E-state index contributed by atoms with van der Waals surface area (Å²) in [4.78, 5) is 39.2. The number of piperidine rings is 1. The minimum absolute atomic E-state index is 0.0135. The number of methoxy groups -OCH3 is 1. The Hall–Kier alpha value is -4.03. The van der Waals surface area contributed by atoms with Gasteiger partial charge in [0.15, 0.2) is 0 Å². The van der Waals surface area contributed by atoms with Crippen LogP contribution in [0.4, 0.5) is 5.69 Å². The zero-order valence-electron chi connectivity index (χ0n) is 20.6. The van der Waals surface area contributed by atoms with Crippen LogP contribution >= 0.6 is 0 Å². The van der Waals surface area contributed by atoms with E-state index in [1.165, 1.54) is 22.5 Å². The van der Waals surface area contributed by atoms with Gasteiger partial charge in [-0.1, -0.05) is 0 Å². The quantitative estimate of drug-likeness (QED) is 0.477. The Morgan fingerprint density at radius 3 is 2.34 bits per heavy atom. The van der Waals surface area contributed by atoms with Crippen LogP contribution in [-0.4, -0.2) is 67.4 Å². The maximum absolute atomic E-state index is 13.6. The Morgan fingerprint density at radius 2 is 1.63 bits per heavy atom. The molecule has 11 nitrogen and oxygen atoms in total. The number of carbonyl (C=O) groups excluding carboxylic acids is 3. The average Bonchev–Trinajstić information content (AvgIpc) is 3.64. The largest absolute Gasteiger partial charge is 0.496 e. The third-order valence-corrected chi connectivity index (χ3v) is 9.74. The first-order valence-electron chi connectivity index (χ1n) is 12.2. The Kier molecular flexibility index (Phi) is 5.61. The number of amides is 3. The molecule has 3 aromatic rings. The lowest BCUT2D eigenvalue weighted by Gasteiger charge is -2.37. The summed E-state index contributed by atoms with van der Waals surface area (Å²) in [6.45, 7) is 0.910. The van der Waals surface area contributed by atoms with E-state index in [0.29, 0.717) is 31.6 Å². The van der Waals surface area contributed by atoms with Crippen molar-refractivity contribution in [2.75, 3.05) is 31.6 Å². The number of ether oxygens (including phenoxy) is 1. The van der Waals surface area contributed by atoms with Crippen LogP contribution in [0.1, 0.15) is 40.0 Å². The number of aromatic amines is 1. The molecule has 6 rings (SSSR count). The van der Waals surface area contributed by atoms with E-state index >= 15 is 0 Å². The Balaban J connectivity index is 1.19. The van der Waals surface area contributed by atoms with Crippen molar-refractivity contribution in [3.8, 4) is 16.9 Å². The number of hydrogen-bond donors (Lipinski definition) is 2. The molecule has 1 spiro atoms. The van der Waals surface area contributed by atoms with Gasteiger partial charge in [-0.2, -0.15) is 9.40 Å². The number of anilines is 1. The average molecular weight is 536 g/mol. The monoisotopic (exact) mass is 535 g/mol. The van der Waals surface area contributed by atoms with Gasteiger partial charge in [0.05, 0.1) is 34.7 Å². The third-order valence-electron chi connectivity index (χ3n) is 7.84. The van der Waals surface area contributed by atoms with E-state index in [4.69, 9.17) is 4.74 Å².